The van der Waals surface area contributed by atoms with Gasteiger partial charge in [-0.15, -0.1) is 0 Å². The molecule has 0 amide bonds. The van der Waals surface area contributed by atoms with E-state index in [0.717, 1.165) is 0 Å². The summed E-state index contributed by atoms with van der Waals surface area (Å²) in [7, 11) is 4.07. The van der Waals surface area contributed by atoms with E-state index in [1.165, 1.54) is 10.1 Å². The second-order valence-corrected chi connectivity index (χ2v) is 3.38. The minimum atomic E-state index is 1.19. The summed E-state index contributed by atoms with van der Waals surface area (Å²) in [6.07, 6.45) is 0. The fourth-order valence-corrected chi connectivity index (χ4v) is 1.03. The van der Waals surface area contributed by atoms with Crippen molar-refractivity contribution in [2.75, 3.05) is 19.0 Å². The Hall–Kier alpha value is -0.461. The predicted octanol–water partition coefficient (Wildman–Crippen LogP) is 0.546. The van der Waals surface area contributed by atoms with E-state index in [1.807, 2.05) is 14.1 Å². The molecule has 0 aliphatic carbocycles. The Morgan fingerprint density at radius 3 is 2.00 bits per heavy atom. The first kappa shape index (κ1) is 7.64. The average molecular weight is 199 g/mol. The Labute approximate surface area is 69.9 Å². The van der Waals surface area contributed by atoms with Gasteiger partial charge in [-0.2, -0.15) is 0 Å². The molecule has 0 saturated heterocycles. The summed E-state index contributed by atoms with van der Waals surface area (Å²) in [6, 6.07) is 8.31. The number of benzene rings is 1. The van der Waals surface area contributed by atoms with Gasteiger partial charge in [-0.1, -0.05) is 0 Å². The number of rotatable bonds is 1. The molecule has 1 rings (SSSR count). The Kier molecular flexibility index (Phi) is 2.36. The Balaban J connectivity index is 2.89. The molecule has 0 saturated carbocycles. The van der Waals surface area contributed by atoms with Gasteiger partial charge in [-0.25, -0.2) is 0 Å². The van der Waals surface area contributed by atoms with Crippen molar-refractivity contribution in [3.8, 4) is 0 Å². The summed E-state index contributed by atoms with van der Waals surface area (Å²) in [5.41, 5.74) is 1.24. The molecule has 0 aliphatic heterocycles. The van der Waals surface area contributed by atoms with Crippen molar-refractivity contribution in [1.29, 1.82) is 0 Å². The van der Waals surface area contributed by atoms with Gasteiger partial charge in [0.05, 0.1) is 0 Å². The van der Waals surface area contributed by atoms with E-state index < -0.39 is 0 Å². The number of hydrogen-bond donors (Lipinski definition) is 0. The van der Waals surface area contributed by atoms with E-state index in [-0.39, 0.29) is 0 Å². The summed E-state index contributed by atoms with van der Waals surface area (Å²) >= 11 is 2.95. The van der Waals surface area contributed by atoms with Crippen molar-refractivity contribution in [3.05, 3.63) is 24.3 Å². The predicted molar refractivity (Wildman–Crippen MR) is 46.2 cm³/mol. The Morgan fingerprint density at radius 2 is 1.60 bits per heavy atom. The molecule has 0 atom stereocenters. The molecule has 54 valence electrons. The molecule has 0 heterocycles. The van der Waals surface area contributed by atoms with Crippen LogP contribution in [-0.2, 0) is 0 Å². The fourth-order valence-electron chi connectivity index (χ4n) is 0.744. The third-order valence-corrected chi connectivity index (χ3v) is 1.92. The van der Waals surface area contributed by atoms with Crippen molar-refractivity contribution in [1.82, 2.24) is 0 Å². The molecular formula is C8H10NSe-. The molecule has 0 aromatic heterocycles. The quantitative estimate of drug-likeness (QED) is 0.597. The van der Waals surface area contributed by atoms with E-state index >= 15 is 0 Å². The SMILES string of the molecule is CN(C)c1ccc([Se-])cc1. The molecular weight excluding hydrogens is 189 g/mol. The minimum absolute atomic E-state index is 1.19. The van der Waals surface area contributed by atoms with E-state index in [0.29, 0.717) is 0 Å². The topological polar surface area (TPSA) is 3.24 Å². The first-order valence-corrected chi connectivity index (χ1v) is 4.00. The molecule has 0 aliphatic rings. The number of hydrogen-bond acceptors (Lipinski definition) is 1. The van der Waals surface area contributed by atoms with Crippen LogP contribution in [0.2, 0.25) is 0 Å². The maximum absolute atomic E-state index is 2.95. The molecule has 0 bridgehead atoms. The standard InChI is InChI=1S/C8H11NSe/c1-9(2)7-3-5-8(10)6-4-7/h3-6,10H,1-2H3/p-1. The first-order valence-electron chi connectivity index (χ1n) is 3.14. The van der Waals surface area contributed by atoms with Crippen LogP contribution in [0.3, 0.4) is 0 Å². The van der Waals surface area contributed by atoms with Gasteiger partial charge in [0, 0.05) is 0 Å². The van der Waals surface area contributed by atoms with Gasteiger partial charge in [0.25, 0.3) is 0 Å². The molecule has 0 radical (unpaired) electrons. The first-order chi connectivity index (χ1) is 4.70. The molecule has 1 nitrogen and oxygen atoms in total. The van der Waals surface area contributed by atoms with E-state index in [4.69, 9.17) is 0 Å². The molecule has 0 unspecified atom stereocenters. The van der Waals surface area contributed by atoms with Crippen LogP contribution in [-0.4, -0.2) is 30.1 Å². The van der Waals surface area contributed by atoms with Crippen molar-refractivity contribution < 1.29 is 0 Å². The zero-order valence-electron chi connectivity index (χ0n) is 6.16. The average Bonchev–Trinajstić information content (AvgIpc) is 1.88. The Bertz CT molecular complexity index is 203. The summed E-state index contributed by atoms with van der Waals surface area (Å²) in [4.78, 5) is 2.08. The number of anilines is 1. The van der Waals surface area contributed by atoms with Gasteiger partial charge >= 0.3 is 69.4 Å². The molecule has 0 fully saturated rings. The van der Waals surface area contributed by atoms with Crippen LogP contribution in [0.15, 0.2) is 24.3 Å². The van der Waals surface area contributed by atoms with Crippen LogP contribution in [0.25, 0.3) is 0 Å². The summed E-state index contributed by atoms with van der Waals surface area (Å²) in [5.74, 6) is 0. The molecule has 0 N–H and O–H groups in total. The monoisotopic (exact) mass is 200 g/mol. The van der Waals surface area contributed by atoms with Crippen molar-refractivity contribution >= 4 is 26.2 Å². The second kappa shape index (κ2) is 3.09. The number of nitrogens with zero attached hydrogens (tertiary/aromatic N) is 1. The summed E-state index contributed by atoms with van der Waals surface area (Å²) in [6.45, 7) is 0. The van der Waals surface area contributed by atoms with Crippen LogP contribution in [0.1, 0.15) is 0 Å². The maximum atomic E-state index is 2.95. The van der Waals surface area contributed by atoms with Crippen molar-refractivity contribution in [3.63, 3.8) is 0 Å². The van der Waals surface area contributed by atoms with Gasteiger partial charge in [-0.05, 0) is 0 Å². The van der Waals surface area contributed by atoms with Crippen molar-refractivity contribution in [2.24, 2.45) is 0 Å². The van der Waals surface area contributed by atoms with Gasteiger partial charge in [0.15, 0.2) is 0 Å². The zero-order valence-corrected chi connectivity index (χ0v) is 7.88. The van der Waals surface area contributed by atoms with Crippen LogP contribution in [0.4, 0.5) is 5.69 Å². The molecule has 10 heavy (non-hydrogen) atoms. The van der Waals surface area contributed by atoms with Gasteiger partial charge < -0.3 is 0 Å². The normalized spacial score (nSPS) is 9.40. The van der Waals surface area contributed by atoms with Crippen LogP contribution < -0.4 is 9.36 Å². The van der Waals surface area contributed by atoms with Crippen molar-refractivity contribution in [2.45, 2.75) is 0 Å². The molecule has 1 aromatic carbocycles. The van der Waals surface area contributed by atoms with Crippen LogP contribution in [0.5, 0.6) is 0 Å². The summed E-state index contributed by atoms with van der Waals surface area (Å²) in [5, 5.41) is 0. The van der Waals surface area contributed by atoms with E-state index in [2.05, 4.69) is 45.2 Å². The zero-order chi connectivity index (χ0) is 7.56. The van der Waals surface area contributed by atoms with Crippen LogP contribution in [0, 0.1) is 0 Å². The Morgan fingerprint density at radius 1 is 1.10 bits per heavy atom. The molecule has 0 spiro atoms. The van der Waals surface area contributed by atoms with Gasteiger partial charge in [-0.3, -0.25) is 0 Å². The van der Waals surface area contributed by atoms with Gasteiger partial charge in [0.2, 0.25) is 0 Å². The van der Waals surface area contributed by atoms with Gasteiger partial charge in [0.1, 0.15) is 0 Å². The molecule has 1 aromatic rings. The van der Waals surface area contributed by atoms with E-state index in [1.54, 1.807) is 0 Å². The third kappa shape index (κ3) is 1.76. The molecule has 2 heteroatoms. The third-order valence-electron chi connectivity index (χ3n) is 1.35. The van der Waals surface area contributed by atoms with E-state index in [9.17, 15) is 0 Å². The fraction of sp³-hybridized carbons (Fsp3) is 0.250. The summed E-state index contributed by atoms with van der Waals surface area (Å²) < 4.78 is 1.19. The van der Waals surface area contributed by atoms with Crippen LogP contribution >= 0.6 is 0 Å². The second-order valence-electron chi connectivity index (χ2n) is 2.39.